The Kier molecular flexibility index (Phi) is 5.86. The number of aliphatic hydroxyl groups is 1. The number of carbonyl (C=O) groups is 1. The van der Waals surface area contributed by atoms with Gasteiger partial charge in [0.05, 0.1) is 11.8 Å². The van der Waals surface area contributed by atoms with Crippen molar-refractivity contribution in [2.45, 2.75) is 63.9 Å². The predicted molar refractivity (Wildman–Crippen MR) is 101 cm³/mol. The summed E-state index contributed by atoms with van der Waals surface area (Å²) in [5, 5.41) is 17.0. The summed E-state index contributed by atoms with van der Waals surface area (Å²) in [5.74, 6) is -0.0583. The zero-order valence-corrected chi connectivity index (χ0v) is 16.4. The van der Waals surface area contributed by atoms with Crippen molar-refractivity contribution >= 4 is 28.8 Å². The summed E-state index contributed by atoms with van der Waals surface area (Å²) in [6.45, 7) is 4.50. The molecule has 1 atom stereocenters. The summed E-state index contributed by atoms with van der Waals surface area (Å²) in [6.07, 6.45) is 5.82. The molecule has 0 aromatic carbocycles. The van der Waals surface area contributed by atoms with Gasteiger partial charge < -0.3 is 10.4 Å². The highest BCUT2D eigenvalue weighted by Crippen LogP contribution is 2.44. The SMILES string of the molecule is CCCc1nnsc1C(=O)NCC1(c2ccc(C(C)O)s2)CCCC1. The molecule has 2 aromatic heterocycles. The number of aliphatic hydroxyl groups excluding tert-OH is 1. The van der Waals surface area contributed by atoms with Crippen molar-refractivity contribution in [3.05, 3.63) is 32.5 Å². The normalized spacial score (nSPS) is 17.6. The Morgan fingerprint density at radius 2 is 2.16 bits per heavy atom. The number of aromatic nitrogens is 2. The number of thiophene rings is 1. The van der Waals surface area contributed by atoms with E-state index in [1.54, 1.807) is 18.3 Å². The van der Waals surface area contributed by atoms with Gasteiger partial charge in [0.25, 0.3) is 5.91 Å². The highest BCUT2D eigenvalue weighted by Gasteiger charge is 2.37. The minimum absolute atomic E-state index is 0.00347. The van der Waals surface area contributed by atoms with E-state index in [9.17, 15) is 9.90 Å². The quantitative estimate of drug-likeness (QED) is 0.766. The van der Waals surface area contributed by atoms with Gasteiger partial charge in [0.1, 0.15) is 4.88 Å². The van der Waals surface area contributed by atoms with E-state index in [1.807, 2.05) is 6.07 Å². The summed E-state index contributed by atoms with van der Waals surface area (Å²) >= 11 is 2.85. The number of carbonyl (C=O) groups excluding carboxylic acids is 1. The number of hydrogen-bond acceptors (Lipinski definition) is 6. The third-order valence-corrected chi connectivity index (χ3v) is 7.23. The third-order valence-electron chi connectivity index (χ3n) is 4.96. The third kappa shape index (κ3) is 3.93. The van der Waals surface area contributed by atoms with Crippen LogP contribution in [0, 0.1) is 0 Å². The van der Waals surface area contributed by atoms with Gasteiger partial charge in [-0.3, -0.25) is 4.79 Å². The fourth-order valence-electron chi connectivity index (χ4n) is 3.54. The van der Waals surface area contributed by atoms with Gasteiger partial charge in [-0.1, -0.05) is 30.7 Å². The molecule has 0 saturated heterocycles. The van der Waals surface area contributed by atoms with Crippen LogP contribution in [0.1, 0.15) is 77.2 Å². The molecule has 136 valence electrons. The van der Waals surface area contributed by atoms with Crippen LogP contribution in [0.3, 0.4) is 0 Å². The van der Waals surface area contributed by atoms with Crippen LogP contribution in [-0.4, -0.2) is 27.1 Å². The molecule has 1 fully saturated rings. The second-order valence-corrected chi connectivity index (χ2v) is 8.72. The molecule has 3 rings (SSSR count). The first kappa shape index (κ1) is 18.5. The van der Waals surface area contributed by atoms with Gasteiger partial charge in [0.2, 0.25) is 0 Å². The summed E-state index contributed by atoms with van der Waals surface area (Å²) in [5.41, 5.74) is 0.800. The summed E-state index contributed by atoms with van der Waals surface area (Å²) < 4.78 is 3.94. The van der Waals surface area contributed by atoms with Crippen LogP contribution in [0.2, 0.25) is 0 Å². The van der Waals surface area contributed by atoms with Crippen LogP contribution >= 0.6 is 22.9 Å². The highest BCUT2D eigenvalue weighted by atomic mass is 32.1. The Balaban J connectivity index is 1.73. The molecule has 1 aliphatic carbocycles. The zero-order valence-electron chi connectivity index (χ0n) is 14.7. The van der Waals surface area contributed by atoms with Crippen molar-refractivity contribution in [1.82, 2.24) is 14.9 Å². The molecular formula is C18H25N3O2S2. The smallest absolute Gasteiger partial charge is 0.264 e. The fourth-order valence-corrected chi connectivity index (χ4v) is 5.35. The van der Waals surface area contributed by atoms with Gasteiger partial charge in [-0.2, -0.15) is 0 Å². The average molecular weight is 380 g/mol. The Bertz CT molecular complexity index is 717. The molecule has 2 aromatic rings. The molecule has 0 radical (unpaired) electrons. The highest BCUT2D eigenvalue weighted by molar-refractivity contribution is 7.12. The fraction of sp³-hybridized carbons (Fsp3) is 0.611. The predicted octanol–water partition coefficient (Wildman–Crippen LogP) is 3.85. The number of nitrogens with zero attached hydrogens (tertiary/aromatic N) is 2. The van der Waals surface area contributed by atoms with E-state index in [0.29, 0.717) is 11.4 Å². The summed E-state index contributed by atoms with van der Waals surface area (Å²) in [7, 11) is 0. The van der Waals surface area contributed by atoms with Crippen molar-refractivity contribution in [3.63, 3.8) is 0 Å². The Labute approximate surface area is 156 Å². The summed E-state index contributed by atoms with van der Waals surface area (Å²) in [6, 6.07) is 4.14. The monoisotopic (exact) mass is 379 g/mol. The van der Waals surface area contributed by atoms with Crippen molar-refractivity contribution in [3.8, 4) is 0 Å². The lowest BCUT2D eigenvalue weighted by Crippen LogP contribution is -2.38. The van der Waals surface area contributed by atoms with Crippen molar-refractivity contribution in [2.24, 2.45) is 0 Å². The molecule has 0 aliphatic heterocycles. The molecule has 2 heterocycles. The average Bonchev–Trinajstić information content (AvgIpc) is 3.33. The number of rotatable bonds is 7. The van der Waals surface area contributed by atoms with Crippen LogP contribution in [0.15, 0.2) is 12.1 Å². The maximum atomic E-state index is 12.6. The van der Waals surface area contributed by atoms with Crippen molar-refractivity contribution < 1.29 is 9.90 Å². The van der Waals surface area contributed by atoms with Crippen molar-refractivity contribution in [1.29, 1.82) is 0 Å². The molecule has 1 aliphatic rings. The van der Waals surface area contributed by atoms with E-state index >= 15 is 0 Å². The van der Waals surface area contributed by atoms with E-state index in [0.717, 1.165) is 36.3 Å². The second-order valence-electron chi connectivity index (χ2n) is 6.85. The number of amides is 1. The lowest BCUT2D eigenvalue weighted by atomic mass is 9.84. The van der Waals surface area contributed by atoms with E-state index in [4.69, 9.17) is 0 Å². The summed E-state index contributed by atoms with van der Waals surface area (Å²) in [4.78, 5) is 15.5. The van der Waals surface area contributed by atoms with Crippen molar-refractivity contribution in [2.75, 3.05) is 6.54 Å². The minimum atomic E-state index is -0.438. The Morgan fingerprint density at radius 3 is 2.80 bits per heavy atom. The van der Waals surface area contributed by atoms with E-state index in [1.165, 1.54) is 29.3 Å². The molecule has 1 unspecified atom stereocenters. The molecule has 0 spiro atoms. The molecule has 7 heteroatoms. The van der Waals surface area contributed by atoms with Gasteiger partial charge in [-0.05, 0) is 49.9 Å². The molecule has 2 N–H and O–H groups in total. The van der Waals surface area contributed by atoms with Gasteiger partial charge in [-0.25, -0.2) is 0 Å². The van der Waals surface area contributed by atoms with E-state index in [2.05, 4.69) is 27.9 Å². The number of aryl methyl sites for hydroxylation is 1. The van der Waals surface area contributed by atoms with Gasteiger partial charge in [-0.15, -0.1) is 16.4 Å². The zero-order chi connectivity index (χ0) is 17.9. The Morgan fingerprint density at radius 1 is 1.40 bits per heavy atom. The molecule has 1 saturated carbocycles. The van der Waals surface area contributed by atoms with E-state index < -0.39 is 6.10 Å². The first-order valence-electron chi connectivity index (χ1n) is 8.93. The molecule has 0 bridgehead atoms. The van der Waals surface area contributed by atoms with Crippen LogP contribution in [0.5, 0.6) is 0 Å². The topological polar surface area (TPSA) is 75.1 Å². The van der Waals surface area contributed by atoms with E-state index in [-0.39, 0.29) is 11.3 Å². The molecule has 25 heavy (non-hydrogen) atoms. The second kappa shape index (κ2) is 7.93. The standard InChI is InChI=1S/C18H25N3O2S2/c1-3-6-13-16(25-21-20-13)17(23)19-11-18(9-4-5-10-18)15-8-7-14(24-15)12(2)22/h7-8,12,22H,3-6,9-11H2,1-2H3,(H,19,23). The lowest BCUT2D eigenvalue weighted by molar-refractivity contribution is 0.0946. The first-order valence-corrected chi connectivity index (χ1v) is 10.5. The van der Waals surface area contributed by atoms with Gasteiger partial charge >= 0.3 is 0 Å². The van der Waals surface area contributed by atoms with Crippen LogP contribution in [0.4, 0.5) is 0 Å². The maximum Gasteiger partial charge on any atom is 0.264 e. The lowest BCUT2D eigenvalue weighted by Gasteiger charge is -2.28. The van der Waals surface area contributed by atoms with Gasteiger partial charge in [0, 0.05) is 21.7 Å². The Hall–Kier alpha value is -1.31. The maximum absolute atomic E-state index is 12.6. The molecule has 5 nitrogen and oxygen atoms in total. The largest absolute Gasteiger partial charge is 0.388 e. The van der Waals surface area contributed by atoms with Gasteiger partial charge in [0.15, 0.2) is 0 Å². The van der Waals surface area contributed by atoms with Crippen LogP contribution < -0.4 is 5.32 Å². The van der Waals surface area contributed by atoms with Crippen LogP contribution in [-0.2, 0) is 11.8 Å². The number of nitrogens with one attached hydrogen (secondary N) is 1. The molecular weight excluding hydrogens is 354 g/mol. The van der Waals surface area contributed by atoms with Crippen LogP contribution in [0.25, 0.3) is 0 Å². The molecule has 1 amide bonds. The minimum Gasteiger partial charge on any atom is -0.388 e. The number of hydrogen-bond donors (Lipinski definition) is 2. The first-order chi connectivity index (χ1) is 12.1.